The minimum absolute atomic E-state index is 0.0338. The predicted molar refractivity (Wildman–Crippen MR) is 123 cm³/mol. The number of hydrogen-bond donors (Lipinski definition) is 1. The first-order valence-corrected chi connectivity index (χ1v) is 12.2. The fraction of sp³-hybridized carbons (Fsp3) is 0.565. The topological polar surface area (TPSA) is 78.4 Å². The van der Waals surface area contributed by atoms with Crippen LogP contribution in [0.15, 0.2) is 24.4 Å². The zero-order valence-electron chi connectivity index (χ0n) is 18.4. The van der Waals surface area contributed by atoms with Gasteiger partial charge in [0.15, 0.2) is 16.6 Å². The van der Waals surface area contributed by atoms with Crippen LogP contribution in [0.2, 0.25) is 0 Å². The Balaban J connectivity index is 1.18. The summed E-state index contributed by atoms with van der Waals surface area (Å²) in [5, 5.41) is 10.6. The van der Waals surface area contributed by atoms with Gasteiger partial charge >= 0.3 is 0 Å². The number of anilines is 1. The predicted octanol–water partition coefficient (Wildman–Crippen LogP) is 2.39. The summed E-state index contributed by atoms with van der Waals surface area (Å²) < 4.78 is 11.4. The summed E-state index contributed by atoms with van der Waals surface area (Å²) in [6.07, 6.45) is 2.73. The van der Waals surface area contributed by atoms with E-state index in [1.807, 2.05) is 11.0 Å². The van der Waals surface area contributed by atoms with Gasteiger partial charge in [0.2, 0.25) is 0 Å². The average molecular weight is 459 g/mol. The van der Waals surface area contributed by atoms with Gasteiger partial charge in [0.05, 0.1) is 12.3 Å². The van der Waals surface area contributed by atoms with Gasteiger partial charge in [0.25, 0.3) is 5.91 Å². The largest absolute Gasteiger partial charge is 0.486 e. The lowest BCUT2D eigenvalue weighted by atomic mass is 10.1. The molecule has 2 saturated heterocycles. The molecule has 8 nitrogen and oxygen atoms in total. The smallest absolute Gasteiger partial charge is 0.265 e. The minimum Gasteiger partial charge on any atom is -0.486 e. The van der Waals surface area contributed by atoms with Gasteiger partial charge < -0.3 is 24.4 Å². The van der Waals surface area contributed by atoms with Crippen molar-refractivity contribution in [1.82, 2.24) is 14.8 Å². The summed E-state index contributed by atoms with van der Waals surface area (Å²) in [6, 6.07) is 6.52. The van der Waals surface area contributed by atoms with Crippen LogP contribution in [0.4, 0.5) is 5.13 Å². The molecule has 1 aromatic carbocycles. The fourth-order valence-electron chi connectivity index (χ4n) is 4.57. The first-order valence-electron chi connectivity index (χ1n) is 11.4. The molecule has 1 atom stereocenters. The molecule has 0 aliphatic carbocycles. The average Bonchev–Trinajstić information content (AvgIpc) is 3.34. The van der Waals surface area contributed by atoms with Crippen molar-refractivity contribution in [2.24, 2.45) is 0 Å². The van der Waals surface area contributed by atoms with Crippen LogP contribution in [0.1, 0.15) is 41.0 Å². The maximum absolute atomic E-state index is 12.8. The highest BCUT2D eigenvalue weighted by Crippen LogP contribution is 2.34. The normalized spacial score (nSPS) is 20.9. The van der Waals surface area contributed by atoms with Gasteiger partial charge in [-0.2, -0.15) is 0 Å². The van der Waals surface area contributed by atoms with E-state index in [-0.39, 0.29) is 18.1 Å². The molecule has 0 saturated carbocycles. The van der Waals surface area contributed by atoms with Gasteiger partial charge in [-0.05, 0) is 37.5 Å². The number of carbonyl (C=O) groups excluding carboxylic acids is 1. The van der Waals surface area contributed by atoms with Crippen molar-refractivity contribution < 1.29 is 19.4 Å². The van der Waals surface area contributed by atoms with E-state index in [0.717, 1.165) is 42.8 Å². The molecule has 9 heteroatoms. The van der Waals surface area contributed by atoms with Crippen molar-refractivity contribution in [1.29, 1.82) is 0 Å². The summed E-state index contributed by atoms with van der Waals surface area (Å²) in [7, 11) is 0. The number of nitrogens with zero attached hydrogens (tertiary/aromatic N) is 4. The van der Waals surface area contributed by atoms with E-state index in [0.29, 0.717) is 44.0 Å². The second-order valence-corrected chi connectivity index (χ2v) is 9.64. The number of piperazine rings is 1. The number of piperidine rings is 1. The number of hydrogen-bond acceptors (Lipinski definition) is 8. The monoisotopic (exact) mass is 458 g/mol. The molecule has 3 aliphatic rings. The number of carbonyl (C=O) groups is 1. The van der Waals surface area contributed by atoms with E-state index in [4.69, 9.17) is 9.47 Å². The summed E-state index contributed by atoms with van der Waals surface area (Å²) in [4.78, 5) is 24.6. The number of rotatable bonds is 4. The minimum atomic E-state index is -0.281. The van der Waals surface area contributed by atoms with Crippen molar-refractivity contribution in [2.45, 2.75) is 31.9 Å². The molecular weight excluding hydrogens is 428 g/mol. The number of aromatic nitrogens is 1. The Bertz CT molecular complexity index is 951. The van der Waals surface area contributed by atoms with E-state index in [1.165, 1.54) is 16.9 Å². The molecule has 0 radical (unpaired) electrons. The maximum atomic E-state index is 12.8. The lowest BCUT2D eigenvalue weighted by Gasteiger charge is -2.38. The van der Waals surface area contributed by atoms with E-state index in [9.17, 15) is 9.90 Å². The van der Waals surface area contributed by atoms with Gasteiger partial charge in [-0.1, -0.05) is 17.4 Å². The highest BCUT2D eigenvalue weighted by Gasteiger charge is 2.27. The molecule has 3 aliphatic heterocycles. The first kappa shape index (κ1) is 21.5. The second-order valence-electron chi connectivity index (χ2n) is 8.63. The molecular formula is C23H30N4O4S. The van der Waals surface area contributed by atoms with Crippen LogP contribution in [0.5, 0.6) is 11.5 Å². The quantitative estimate of drug-likeness (QED) is 0.754. The zero-order chi connectivity index (χ0) is 22.1. The molecule has 1 N–H and O–H groups in total. The number of benzene rings is 1. The number of likely N-dealkylation sites (tertiary alicyclic amines) is 1. The van der Waals surface area contributed by atoms with Crippen molar-refractivity contribution in [3.05, 3.63) is 34.8 Å². The summed E-state index contributed by atoms with van der Waals surface area (Å²) >= 11 is 1.48. The Morgan fingerprint density at radius 3 is 2.56 bits per heavy atom. The highest BCUT2D eigenvalue weighted by atomic mass is 32.1. The molecule has 1 aromatic heterocycles. The van der Waals surface area contributed by atoms with E-state index >= 15 is 0 Å². The lowest BCUT2D eigenvalue weighted by Crippen LogP contribution is -2.47. The number of fused-ring (bicyclic) bond motifs is 1. The molecule has 1 amide bonds. The number of aliphatic hydroxyl groups excluding tert-OH is 1. The molecule has 2 fully saturated rings. The molecule has 172 valence electrons. The van der Waals surface area contributed by atoms with Gasteiger partial charge in [-0.15, -0.1) is 0 Å². The zero-order valence-corrected chi connectivity index (χ0v) is 19.2. The van der Waals surface area contributed by atoms with Crippen molar-refractivity contribution in [3.8, 4) is 11.5 Å². The van der Waals surface area contributed by atoms with Crippen LogP contribution in [0, 0.1) is 0 Å². The number of aliphatic hydroxyl groups is 1. The Morgan fingerprint density at radius 1 is 1.09 bits per heavy atom. The van der Waals surface area contributed by atoms with Crippen molar-refractivity contribution in [3.63, 3.8) is 0 Å². The van der Waals surface area contributed by atoms with Crippen molar-refractivity contribution in [2.75, 3.05) is 57.4 Å². The van der Waals surface area contributed by atoms with Crippen molar-refractivity contribution >= 4 is 22.4 Å². The third-order valence-electron chi connectivity index (χ3n) is 6.64. The SMILES string of the molecule is C[C@@H](c1ccc2c(c1)OCCO2)N1CCN(c2ncc(C(=O)N3CCC(O)CC3)s2)CC1. The van der Waals surface area contributed by atoms with Crippen LogP contribution in [-0.2, 0) is 0 Å². The number of thiazole rings is 1. The Morgan fingerprint density at radius 2 is 1.81 bits per heavy atom. The molecule has 32 heavy (non-hydrogen) atoms. The molecule has 2 aromatic rings. The molecule has 4 heterocycles. The van der Waals surface area contributed by atoms with Gasteiger partial charge in [-0.25, -0.2) is 4.98 Å². The van der Waals surface area contributed by atoms with Gasteiger partial charge in [-0.3, -0.25) is 9.69 Å². The van der Waals surface area contributed by atoms with Crippen LogP contribution in [-0.4, -0.2) is 84.4 Å². The lowest BCUT2D eigenvalue weighted by molar-refractivity contribution is 0.0550. The summed E-state index contributed by atoms with van der Waals surface area (Å²) in [5.41, 5.74) is 1.23. The van der Waals surface area contributed by atoms with Gasteiger partial charge in [0, 0.05) is 45.3 Å². The Kier molecular flexibility index (Phi) is 6.21. The summed E-state index contributed by atoms with van der Waals surface area (Å²) in [5.74, 6) is 1.70. The number of ether oxygens (including phenoxy) is 2. The molecule has 5 rings (SSSR count). The van der Waals surface area contributed by atoms with Crippen LogP contribution >= 0.6 is 11.3 Å². The fourth-order valence-corrected chi connectivity index (χ4v) is 5.50. The van der Waals surface area contributed by atoms with Gasteiger partial charge in [0.1, 0.15) is 18.1 Å². The van der Waals surface area contributed by atoms with Crippen LogP contribution in [0.3, 0.4) is 0 Å². The molecule has 0 unspecified atom stereocenters. The second kappa shape index (κ2) is 9.25. The Hall–Kier alpha value is -2.36. The van der Waals surface area contributed by atoms with E-state index in [1.54, 1.807) is 6.20 Å². The highest BCUT2D eigenvalue weighted by molar-refractivity contribution is 7.17. The van der Waals surface area contributed by atoms with Crippen LogP contribution in [0.25, 0.3) is 0 Å². The van der Waals surface area contributed by atoms with Crippen LogP contribution < -0.4 is 14.4 Å². The number of amides is 1. The third-order valence-corrected chi connectivity index (χ3v) is 7.68. The Labute approximate surface area is 192 Å². The van der Waals surface area contributed by atoms with E-state index < -0.39 is 0 Å². The molecule has 0 bridgehead atoms. The molecule has 0 spiro atoms. The summed E-state index contributed by atoms with van der Waals surface area (Å²) in [6.45, 7) is 8.30. The third kappa shape index (κ3) is 4.42. The van der Waals surface area contributed by atoms with E-state index in [2.05, 4.69) is 33.8 Å². The first-order chi connectivity index (χ1) is 15.6. The maximum Gasteiger partial charge on any atom is 0.265 e. The standard InChI is InChI=1S/C23H30N4O4S/c1-16(17-2-3-19-20(14-17)31-13-12-30-19)25-8-10-27(11-9-25)23-24-15-21(32-23)22(29)26-6-4-18(28)5-7-26/h2-3,14-16,18,28H,4-13H2,1H3/t16-/m0/s1.